The molecular formula is C20H22N2O4. The van der Waals surface area contributed by atoms with Gasteiger partial charge in [0.05, 0.1) is 11.5 Å². The molecule has 0 bridgehead atoms. The number of nitro benzene ring substituents is 1. The lowest BCUT2D eigenvalue weighted by atomic mass is 10.1. The summed E-state index contributed by atoms with van der Waals surface area (Å²) in [4.78, 5) is 22.8. The molecule has 1 N–H and O–H groups in total. The van der Waals surface area contributed by atoms with Gasteiger partial charge in [-0.1, -0.05) is 38.1 Å². The Kier molecular flexibility index (Phi) is 6.91. The molecule has 0 saturated carbocycles. The highest BCUT2D eigenvalue weighted by Gasteiger charge is 2.15. The van der Waals surface area contributed by atoms with E-state index in [0.29, 0.717) is 12.2 Å². The molecule has 136 valence electrons. The zero-order valence-electron chi connectivity index (χ0n) is 14.9. The molecule has 2 aromatic rings. The van der Waals surface area contributed by atoms with Gasteiger partial charge in [-0.15, -0.1) is 0 Å². The van der Waals surface area contributed by atoms with Gasteiger partial charge < -0.3 is 10.1 Å². The van der Waals surface area contributed by atoms with Crippen LogP contribution in [0.2, 0.25) is 0 Å². The molecule has 0 radical (unpaired) electrons. The fourth-order valence-corrected chi connectivity index (χ4v) is 2.41. The van der Waals surface area contributed by atoms with Crippen molar-refractivity contribution in [2.75, 3.05) is 11.9 Å². The average Bonchev–Trinajstić information content (AvgIpc) is 2.65. The van der Waals surface area contributed by atoms with Crippen LogP contribution in [0.1, 0.15) is 31.4 Å². The summed E-state index contributed by atoms with van der Waals surface area (Å²) in [6.45, 7) is 4.36. The Morgan fingerprint density at radius 1 is 1.23 bits per heavy atom. The number of hydrogen-bond acceptors (Lipinski definition) is 4. The van der Waals surface area contributed by atoms with Gasteiger partial charge in [-0.05, 0) is 42.2 Å². The van der Waals surface area contributed by atoms with Crippen molar-refractivity contribution in [3.8, 4) is 5.75 Å². The highest BCUT2D eigenvalue weighted by molar-refractivity contribution is 6.02. The lowest BCUT2D eigenvalue weighted by molar-refractivity contribution is -0.385. The topological polar surface area (TPSA) is 81.5 Å². The zero-order chi connectivity index (χ0) is 18.9. The highest BCUT2D eigenvalue weighted by atomic mass is 16.6. The van der Waals surface area contributed by atoms with E-state index in [1.54, 1.807) is 18.2 Å². The van der Waals surface area contributed by atoms with Gasteiger partial charge in [0.2, 0.25) is 5.91 Å². The van der Waals surface area contributed by atoms with E-state index in [-0.39, 0.29) is 17.3 Å². The lowest BCUT2D eigenvalue weighted by Gasteiger charge is -2.07. The number of carbonyl (C=O) groups is 1. The number of hydrogen-bond donors (Lipinski definition) is 1. The van der Waals surface area contributed by atoms with Gasteiger partial charge in [0.25, 0.3) is 0 Å². The Bertz CT molecular complexity index is 815. The Morgan fingerprint density at radius 2 is 2.00 bits per heavy atom. The van der Waals surface area contributed by atoms with Crippen LogP contribution in [0.3, 0.4) is 0 Å². The van der Waals surface area contributed by atoms with Crippen molar-refractivity contribution in [1.29, 1.82) is 0 Å². The van der Waals surface area contributed by atoms with Crippen molar-refractivity contribution in [3.63, 3.8) is 0 Å². The summed E-state index contributed by atoms with van der Waals surface area (Å²) in [5.41, 5.74) is 2.25. The number of nitrogens with zero attached hydrogens (tertiary/aromatic N) is 1. The van der Waals surface area contributed by atoms with E-state index in [1.807, 2.05) is 38.1 Å². The number of ether oxygens (including phenoxy) is 1. The van der Waals surface area contributed by atoms with Crippen molar-refractivity contribution < 1.29 is 14.5 Å². The van der Waals surface area contributed by atoms with Crippen molar-refractivity contribution in [2.45, 2.75) is 26.7 Å². The van der Waals surface area contributed by atoms with Crippen molar-refractivity contribution in [2.24, 2.45) is 0 Å². The quantitative estimate of drug-likeness (QED) is 0.427. The van der Waals surface area contributed by atoms with Crippen LogP contribution in [0.25, 0.3) is 6.08 Å². The number of nitrogens with one attached hydrogen (secondary N) is 1. The minimum absolute atomic E-state index is 0.114. The molecule has 0 aromatic heterocycles. The summed E-state index contributed by atoms with van der Waals surface area (Å²) in [6, 6.07) is 12.2. The minimum Gasteiger partial charge on any atom is -0.487 e. The van der Waals surface area contributed by atoms with E-state index in [2.05, 4.69) is 5.32 Å². The number of anilines is 1. The molecule has 2 rings (SSSR count). The summed E-state index contributed by atoms with van der Waals surface area (Å²) in [7, 11) is 0. The molecule has 0 aliphatic carbocycles. The molecule has 0 aliphatic rings. The largest absolute Gasteiger partial charge is 0.487 e. The molecule has 0 atom stereocenters. The van der Waals surface area contributed by atoms with Crippen molar-refractivity contribution in [3.05, 3.63) is 69.8 Å². The third-order valence-electron chi connectivity index (χ3n) is 3.72. The summed E-state index contributed by atoms with van der Waals surface area (Å²) >= 11 is 0. The standard InChI is InChI=1S/C20H22N2O4/c1-3-13-26-19-11-9-15(14-18(19)22(24)25)10-12-20(23)21-17-8-6-5-7-16(17)4-2/h5-12,14H,3-4,13H2,1-2H3,(H,21,23)/b12-10+. The number of aryl methyl sites for hydroxylation is 1. The second-order valence-corrected chi connectivity index (χ2v) is 5.67. The molecule has 0 spiro atoms. The third-order valence-corrected chi connectivity index (χ3v) is 3.72. The fourth-order valence-electron chi connectivity index (χ4n) is 2.41. The molecule has 1 amide bonds. The van der Waals surface area contributed by atoms with Gasteiger partial charge >= 0.3 is 5.69 Å². The van der Waals surface area contributed by atoms with Crippen molar-refractivity contribution in [1.82, 2.24) is 0 Å². The number of amides is 1. The van der Waals surface area contributed by atoms with Gasteiger partial charge in [-0.3, -0.25) is 14.9 Å². The number of rotatable bonds is 8. The number of benzene rings is 2. The lowest BCUT2D eigenvalue weighted by Crippen LogP contribution is -2.09. The number of carbonyl (C=O) groups excluding carboxylic acids is 1. The van der Waals surface area contributed by atoms with Crippen LogP contribution in [-0.2, 0) is 11.2 Å². The zero-order valence-corrected chi connectivity index (χ0v) is 14.9. The molecule has 0 saturated heterocycles. The molecular weight excluding hydrogens is 332 g/mol. The first-order valence-electron chi connectivity index (χ1n) is 8.53. The van der Waals surface area contributed by atoms with E-state index in [1.165, 1.54) is 12.1 Å². The second kappa shape index (κ2) is 9.36. The monoisotopic (exact) mass is 354 g/mol. The van der Waals surface area contributed by atoms with Gasteiger partial charge in [0.15, 0.2) is 5.75 Å². The Balaban J connectivity index is 2.12. The maximum atomic E-state index is 12.1. The van der Waals surface area contributed by atoms with Crippen LogP contribution < -0.4 is 10.1 Å². The smallest absolute Gasteiger partial charge is 0.311 e. The first-order chi connectivity index (χ1) is 12.5. The van der Waals surface area contributed by atoms with Crippen LogP contribution >= 0.6 is 0 Å². The van der Waals surface area contributed by atoms with E-state index in [9.17, 15) is 14.9 Å². The van der Waals surface area contributed by atoms with E-state index in [4.69, 9.17) is 4.74 Å². The van der Waals surface area contributed by atoms with Crippen LogP contribution in [0.4, 0.5) is 11.4 Å². The number of para-hydroxylation sites is 1. The molecule has 26 heavy (non-hydrogen) atoms. The first kappa shape index (κ1) is 19.2. The second-order valence-electron chi connectivity index (χ2n) is 5.67. The summed E-state index contributed by atoms with van der Waals surface area (Å²) in [6.07, 6.45) is 4.47. The predicted octanol–water partition coefficient (Wildman–Crippen LogP) is 4.60. The third kappa shape index (κ3) is 5.17. The van der Waals surface area contributed by atoms with E-state index < -0.39 is 4.92 Å². The summed E-state index contributed by atoms with van der Waals surface area (Å²) in [5.74, 6) is -0.0600. The molecule has 6 heteroatoms. The van der Waals surface area contributed by atoms with Gasteiger partial charge in [-0.25, -0.2) is 0 Å². The highest BCUT2D eigenvalue weighted by Crippen LogP contribution is 2.28. The van der Waals surface area contributed by atoms with Crippen LogP contribution in [0.5, 0.6) is 5.75 Å². The summed E-state index contributed by atoms with van der Waals surface area (Å²) < 4.78 is 5.39. The fraction of sp³-hybridized carbons (Fsp3) is 0.250. The van der Waals surface area contributed by atoms with Gasteiger partial charge in [-0.2, -0.15) is 0 Å². The van der Waals surface area contributed by atoms with Crippen LogP contribution in [0.15, 0.2) is 48.5 Å². The van der Waals surface area contributed by atoms with Gasteiger partial charge in [0, 0.05) is 17.8 Å². The molecule has 6 nitrogen and oxygen atoms in total. The van der Waals surface area contributed by atoms with Crippen molar-refractivity contribution >= 4 is 23.4 Å². The summed E-state index contributed by atoms with van der Waals surface area (Å²) in [5, 5.41) is 14.0. The molecule has 0 aliphatic heterocycles. The Labute approximate surface area is 152 Å². The van der Waals surface area contributed by atoms with E-state index in [0.717, 1.165) is 24.1 Å². The normalized spacial score (nSPS) is 10.7. The van der Waals surface area contributed by atoms with Gasteiger partial charge in [0.1, 0.15) is 0 Å². The number of nitro groups is 1. The Morgan fingerprint density at radius 3 is 2.69 bits per heavy atom. The molecule has 0 unspecified atom stereocenters. The predicted molar refractivity (Wildman–Crippen MR) is 102 cm³/mol. The Hall–Kier alpha value is -3.15. The molecule has 2 aromatic carbocycles. The van der Waals surface area contributed by atoms with Crippen LogP contribution in [-0.4, -0.2) is 17.4 Å². The maximum absolute atomic E-state index is 12.1. The average molecular weight is 354 g/mol. The molecule has 0 heterocycles. The van der Waals surface area contributed by atoms with E-state index >= 15 is 0 Å². The minimum atomic E-state index is -0.486. The maximum Gasteiger partial charge on any atom is 0.311 e. The van der Waals surface area contributed by atoms with Crippen LogP contribution in [0, 0.1) is 10.1 Å². The SMILES string of the molecule is CCCOc1ccc(/C=C/C(=O)Nc2ccccc2CC)cc1[N+](=O)[O-]. The first-order valence-corrected chi connectivity index (χ1v) is 8.53. The molecule has 0 fully saturated rings.